The Morgan fingerprint density at radius 2 is 1.73 bits per heavy atom. The van der Waals surface area contributed by atoms with Crippen LogP contribution in [0, 0.1) is 0 Å². The lowest BCUT2D eigenvalue weighted by molar-refractivity contribution is -0.123. The molecule has 1 atom stereocenters. The molecule has 132 valence electrons. The van der Waals surface area contributed by atoms with Gasteiger partial charge >= 0.3 is 0 Å². The number of benzene rings is 2. The number of amides is 2. The molecule has 1 heterocycles. The van der Waals surface area contributed by atoms with E-state index in [0.29, 0.717) is 5.75 Å². The van der Waals surface area contributed by atoms with Crippen LogP contribution in [-0.2, 0) is 4.79 Å². The largest absolute Gasteiger partial charge is 0.483 e. The number of carbonyl (C=O) groups is 2. The second kappa shape index (κ2) is 8.31. The van der Waals surface area contributed by atoms with Crippen LogP contribution in [-0.4, -0.2) is 18.4 Å². The molecule has 6 heteroatoms. The van der Waals surface area contributed by atoms with Crippen molar-refractivity contribution in [1.82, 2.24) is 5.32 Å². The van der Waals surface area contributed by atoms with Crippen molar-refractivity contribution in [3.8, 4) is 5.75 Å². The molecule has 2 amide bonds. The van der Waals surface area contributed by atoms with Gasteiger partial charge in [-0.2, -0.15) is 0 Å². The summed E-state index contributed by atoms with van der Waals surface area (Å²) >= 11 is 1.57. The predicted octanol–water partition coefficient (Wildman–Crippen LogP) is 3.13. The molecule has 5 nitrogen and oxygen atoms in total. The van der Waals surface area contributed by atoms with Gasteiger partial charge in [-0.15, -0.1) is 11.3 Å². The highest BCUT2D eigenvalue weighted by Crippen LogP contribution is 2.26. The highest BCUT2D eigenvalue weighted by molar-refractivity contribution is 7.10. The van der Waals surface area contributed by atoms with E-state index in [1.807, 2.05) is 47.8 Å². The van der Waals surface area contributed by atoms with Crippen LogP contribution in [0.2, 0.25) is 0 Å². The number of nitrogens with one attached hydrogen (secondary N) is 1. The third kappa shape index (κ3) is 4.29. The van der Waals surface area contributed by atoms with Crippen LogP contribution in [0.1, 0.15) is 26.8 Å². The summed E-state index contributed by atoms with van der Waals surface area (Å²) < 4.78 is 5.50. The van der Waals surface area contributed by atoms with E-state index in [9.17, 15) is 9.59 Å². The SMILES string of the molecule is NC(=O)c1ccccc1OCC(=O)N[C@@H](c1ccccc1)c1cccs1. The first kappa shape index (κ1) is 17.7. The molecular formula is C20H18N2O3S. The normalized spacial score (nSPS) is 11.5. The lowest BCUT2D eigenvalue weighted by Crippen LogP contribution is -2.33. The Balaban J connectivity index is 1.71. The van der Waals surface area contributed by atoms with Gasteiger partial charge in [0.1, 0.15) is 5.75 Å². The van der Waals surface area contributed by atoms with E-state index in [-0.39, 0.29) is 24.1 Å². The summed E-state index contributed by atoms with van der Waals surface area (Å²) in [6.07, 6.45) is 0. The number of rotatable bonds is 7. The molecule has 3 N–H and O–H groups in total. The maximum Gasteiger partial charge on any atom is 0.258 e. The van der Waals surface area contributed by atoms with Crippen LogP contribution in [0.3, 0.4) is 0 Å². The number of hydrogen-bond acceptors (Lipinski definition) is 4. The average molecular weight is 366 g/mol. The van der Waals surface area contributed by atoms with Crippen molar-refractivity contribution < 1.29 is 14.3 Å². The van der Waals surface area contributed by atoms with Crippen molar-refractivity contribution in [2.24, 2.45) is 5.73 Å². The lowest BCUT2D eigenvalue weighted by Gasteiger charge is -2.18. The topological polar surface area (TPSA) is 81.4 Å². The van der Waals surface area contributed by atoms with E-state index >= 15 is 0 Å². The second-order valence-corrected chi connectivity index (χ2v) is 6.55. The highest BCUT2D eigenvalue weighted by Gasteiger charge is 2.18. The van der Waals surface area contributed by atoms with E-state index in [1.54, 1.807) is 35.6 Å². The van der Waals surface area contributed by atoms with Crippen molar-refractivity contribution >= 4 is 23.2 Å². The first-order chi connectivity index (χ1) is 12.6. The Morgan fingerprint density at radius 3 is 2.42 bits per heavy atom. The molecule has 3 rings (SSSR count). The molecule has 0 aliphatic carbocycles. The Morgan fingerprint density at radius 1 is 1.00 bits per heavy atom. The molecule has 0 radical (unpaired) electrons. The lowest BCUT2D eigenvalue weighted by atomic mass is 10.1. The summed E-state index contributed by atoms with van der Waals surface area (Å²) in [7, 11) is 0. The van der Waals surface area contributed by atoms with Gasteiger partial charge in [0.25, 0.3) is 11.8 Å². The van der Waals surface area contributed by atoms with Gasteiger partial charge in [-0.05, 0) is 29.1 Å². The van der Waals surface area contributed by atoms with Gasteiger partial charge in [0.2, 0.25) is 0 Å². The summed E-state index contributed by atoms with van der Waals surface area (Å²) in [6.45, 7) is -0.209. The van der Waals surface area contributed by atoms with Crippen LogP contribution < -0.4 is 15.8 Å². The fraction of sp³-hybridized carbons (Fsp3) is 0.100. The van der Waals surface area contributed by atoms with Crippen molar-refractivity contribution in [2.45, 2.75) is 6.04 Å². The fourth-order valence-corrected chi connectivity index (χ4v) is 3.36. The Hall–Kier alpha value is -3.12. The Labute approximate surface area is 155 Å². The molecule has 3 aromatic rings. The van der Waals surface area contributed by atoms with Crippen LogP contribution in [0.25, 0.3) is 0 Å². The van der Waals surface area contributed by atoms with Crippen LogP contribution in [0.5, 0.6) is 5.75 Å². The number of primary amides is 1. The smallest absolute Gasteiger partial charge is 0.258 e. The summed E-state index contributed by atoms with van der Waals surface area (Å²) in [5, 5.41) is 4.95. The first-order valence-electron chi connectivity index (χ1n) is 8.04. The number of ether oxygens (including phenoxy) is 1. The number of carbonyl (C=O) groups excluding carboxylic acids is 2. The minimum Gasteiger partial charge on any atom is -0.483 e. The zero-order chi connectivity index (χ0) is 18.4. The van der Waals surface area contributed by atoms with Gasteiger partial charge in [-0.25, -0.2) is 0 Å². The van der Waals surface area contributed by atoms with E-state index < -0.39 is 5.91 Å². The third-order valence-electron chi connectivity index (χ3n) is 3.78. The van der Waals surface area contributed by atoms with Crippen LogP contribution >= 0.6 is 11.3 Å². The molecule has 0 saturated heterocycles. The zero-order valence-electron chi connectivity index (χ0n) is 13.9. The minimum absolute atomic E-state index is 0.209. The van der Waals surface area contributed by atoms with Gasteiger partial charge in [0.15, 0.2) is 6.61 Å². The maximum absolute atomic E-state index is 12.4. The average Bonchev–Trinajstić information content (AvgIpc) is 3.19. The standard InChI is InChI=1S/C20H18N2O3S/c21-20(24)15-9-4-5-10-16(15)25-13-18(23)22-19(17-11-6-12-26-17)14-7-2-1-3-8-14/h1-12,19H,13H2,(H2,21,24)(H,22,23)/t19-/m0/s1. The number of hydrogen-bond donors (Lipinski definition) is 2. The first-order valence-corrected chi connectivity index (χ1v) is 8.92. The predicted molar refractivity (Wildman–Crippen MR) is 101 cm³/mol. The molecule has 0 saturated carbocycles. The van der Waals surface area contributed by atoms with E-state index in [4.69, 9.17) is 10.5 Å². The molecule has 0 aliphatic heterocycles. The number of nitrogens with two attached hydrogens (primary N) is 1. The number of para-hydroxylation sites is 1. The highest BCUT2D eigenvalue weighted by atomic mass is 32.1. The Kier molecular flexibility index (Phi) is 5.66. The quantitative estimate of drug-likeness (QED) is 0.674. The van der Waals surface area contributed by atoms with Crippen molar-refractivity contribution in [2.75, 3.05) is 6.61 Å². The van der Waals surface area contributed by atoms with Gasteiger partial charge in [-0.1, -0.05) is 48.5 Å². The molecule has 26 heavy (non-hydrogen) atoms. The van der Waals surface area contributed by atoms with E-state index in [0.717, 1.165) is 10.4 Å². The Bertz CT molecular complexity index is 879. The molecule has 2 aromatic carbocycles. The van der Waals surface area contributed by atoms with Gasteiger partial charge in [0, 0.05) is 4.88 Å². The molecule has 0 bridgehead atoms. The molecule has 1 aromatic heterocycles. The summed E-state index contributed by atoms with van der Waals surface area (Å²) in [6, 6.07) is 20.0. The molecule has 0 unspecified atom stereocenters. The second-order valence-electron chi connectivity index (χ2n) is 5.58. The minimum atomic E-state index is -0.596. The van der Waals surface area contributed by atoms with Gasteiger partial charge in [-0.3, -0.25) is 9.59 Å². The summed E-state index contributed by atoms with van der Waals surface area (Å²) in [5.41, 5.74) is 6.56. The van der Waals surface area contributed by atoms with Gasteiger partial charge < -0.3 is 15.8 Å². The van der Waals surface area contributed by atoms with Gasteiger partial charge in [0.05, 0.1) is 11.6 Å². The number of thiophene rings is 1. The van der Waals surface area contributed by atoms with Crippen LogP contribution in [0.4, 0.5) is 0 Å². The molecule has 0 spiro atoms. The van der Waals surface area contributed by atoms with Crippen LogP contribution in [0.15, 0.2) is 72.1 Å². The fourth-order valence-electron chi connectivity index (χ4n) is 2.56. The molecule has 0 aliphatic rings. The van der Waals surface area contributed by atoms with E-state index in [2.05, 4.69) is 5.32 Å². The maximum atomic E-state index is 12.4. The zero-order valence-corrected chi connectivity index (χ0v) is 14.7. The van der Waals surface area contributed by atoms with Crippen molar-refractivity contribution in [3.63, 3.8) is 0 Å². The third-order valence-corrected chi connectivity index (χ3v) is 4.71. The molecular weight excluding hydrogens is 348 g/mol. The monoisotopic (exact) mass is 366 g/mol. The molecule has 0 fully saturated rings. The van der Waals surface area contributed by atoms with E-state index in [1.165, 1.54) is 0 Å². The van der Waals surface area contributed by atoms with Crippen molar-refractivity contribution in [1.29, 1.82) is 0 Å². The summed E-state index contributed by atoms with van der Waals surface area (Å²) in [4.78, 5) is 24.9. The summed E-state index contributed by atoms with van der Waals surface area (Å²) in [5.74, 6) is -0.587. The van der Waals surface area contributed by atoms with Crippen molar-refractivity contribution in [3.05, 3.63) is 88.1 Å².